The van der Waals surface area contributed by atoms with Crippen molar-refractivity contribution in [1.29, 1.82) is 0 Å². The molecule has 0 nitrogen and oxygen atoms in total. The summed E-state index contributed by atoms with van der Waals surface area (Å²) in [6, 6.07) is 21.2. The third-order valence-electron chi connectivity index (χ3n) is 6.49. The Balaban J connectivity index is 0.000000673. The minimum atomic E-state index is -0.432. The third kappa shape index (κ3) is 18.1. The van der Waals surface area contributed by atoms with E-state index in [1.807, 2.05) is 0 Å². The van der Waals surface area contributed by atoms with Crippen molar-refractivity contribution in [1.82, 2.24) is 0 Å². The van der Waals surface area contributed by atoms with Crippen LogP contribution in [0.4, 0.5) is 0 Å². The molecule has 0 aliphatic rings. The number of hydrogen-bond donors (Lipinski definition) is 0. The molecule has 2 aromatic rings. The summed E-state index contributed by atoms with van der Waals surface area (Å²) >= 11 is 0.569. The predicted octanol–water partition coefficient (Wildman–Crippen LogP) is 12.4. The second-order valence-electron chi connectivity index (χ2n) is 14.0. The fourth-order valence-electron chi connectivity index (χ4n) is 5.23. The van der Waals surface area contributed by atoms with Gasteiger partial charge in [-0.1, -0.05) is 72.8 Å². The Labute approximate surface area is 259 Å². The predicted molar refractivity (Wildman–Crippen MR) is 188 cm³/mol. The van der Waals surface area contributed by atoms with Crippen molar-refractivity contribution in [2.45, 2.75) is 104 Å². The second kappa shape index (κ2) is 18.4. The number of allylic oxidation sites excluding steroid dienone is 2. The monoisotopic (exact) mass is 654 g/mol. The fourth-order valence-corrected chi connectivity index (χ4v) is 12.9. The molecule has 0 aromatic heterocycles. The van der Waals surface area contributed by atoms with E-state index in [0.717, 1.165) is 0 Å². The van der Waals surface area contributed by atoms with Crippen molar-refractivity contribution >= 4 is 48.4 Å². The minimum absolute atomic E-state index is 0.432. The van der Waals surface area contributed by atoms with Crippen molar-refractivity contribution in [3.05, 3.63) is 83.9 Å². The normalized spacial score (nSPS) is 13.0. The Morgan fingerprint density at radius 1 is 0.513 bits per heavy atom. The van der Waals surface area contributed by atoms with Crippen LogP contribution in [0.5, 0.6) is 0 Å². The van der Waals surface area contributed by atoms with Crippen LogP contribution in [0.1, 0.15) is 94.2 Å². The van der Waals surface area contributed by atoms with Gasteiger partial charge in [0.05, 0.1) is 32.9 Å². The van der Waals surface area contributed by atoms with Gasteiger partial charge in [0.1, 0.15) is 0 Å². The first-order chi connectivity index (χ1) is 17.8. The molecule has 39 heavy (non-hydrogen) atoms. The summed E-state index contributed by atoms with van der Waals surface area (Å²) in [5, 5.41) is 1.79. The van der Waals surface area contributed by atoms with Crippen LogP contribution in [0.25, 0.3) is 12.2 Å². The van der Waals surface area contributed by atoms with Crippen LogP contribution >= 0.6 is 36.2 Å². The Morgan fingerprint density at radius 2 is 0.744 bits per heavy atom. The molecule has 0 aliphatic heterocycles. The standard InChI is InChI=1S/2C17H27P.2ClH.Ni/c2*1-16(2,3)18(17(4,5)6)14-10-13-15-11-8-7-9-12-15;;;/h2*7-13H,14H2,1-6H3;2*1H;/q;;;;+2/b2*13-10+;;;. The van der Waals surface area contributed by atoms with Gasteiger partial charge in [-0.15, -0.1) is 0 Å². The zero-order valence-electron chi connectivity index (χ0n) is 26.6. The first-order valence-electron chi connectivity index (χ1n) is 13.8. The molecule has 0 bridgehead atoms. The molecule has 5 heteroatoms. The third-order valence-corrected chi connectivity index (χ3v) is 15.0. The SMILES string of the molecule is CC(C)(C)[PH+](C/C=C/c1ccccc1)C(C)(C)C.CC(C)(C)[PH+](C/C=C/c1ccccc1)C(C)(C)C.[Cl][Ni][Cl]. The summed E-state index contributed by atoms with van der Waals surface area (Å²) in [5.74, 6) is 0. The van der Waals surface area contributed by atoms with Gasteiger partial charge < -0.3 is 0 Å². The molecule has 0 heterocycles. The zero-order valence-corrected chi connectivity index (χ0v) is 31.1. The van der Waals surface area contributed by atoms with Gasteiger partial charge in [-0.2, -0.15) is 0 Å². The maximum atomic E-state index is 4.70. The fraction of sp³-hybridized carbons (Fsp3) is 0.529. The molecule has 0 saturated carbocycles. The van der Waals surface area contributed by atoms with Gasteiger partial charge in [-0.05, 0) is 106 Å². The molecular formula is C34H56Cl2NiP2+2. The van der Waals surface area contributed by atoms with Gasteiger partial charge in [-0.25, -0.2) is 0 Å². The van der Waals surface area contributed by atoms with Crippen molar-refractivity contribution in [3.63, 3.8) is 0 Å². The molecule has 0 fully saturated rings. The van der Waals surface area contributed by atoms with E-state index in [0.29, 0.717) is 33.3 Å². The quantitative estimate of drug-likeness (QED) is 0.214. The van der Waals surface area contributed by atoms with Gasteiger partial charge >= 0.3 is 33.0 Å². The van der Waals surface area contributed by atoms with Crippen molar-refractivity contribution in [2.24, 2.45) is 0 Å². The van der Waals surface area contributed by atoms with Crippen LogP contribution < -0.4 is 0 Å². The summed E-state index contributed by atoms with van der Waals surface area (Å²) in [4.78, 5) is 0. The molecule has 2 rings (SSSR count). The van der Waals surface area contributed by atoms with E-state index in [9.17, 15) is 0 Å². The summed E-state index contributed by atoms with van der Waals surface area (Å²) < 4.78 is 0. The topological polar surface area (TPSA) is 0 Å². The van der Waals surface area contributed by atoms with Gasteiger partial charge in [0.15, 0.2) is 0 Å². The zero-order chi connectivity index (χ0) is 30.3. The van der Waals surface area contributed by atoms with E-state index < -0.39 is 15.8 Å². The first kappa shape index (κ1) is 38.9. The molecular weight excluding hydrogens is 600 g/mol. The maximum absolute atomic E-state index is 4.70. The average Bonchev–Trinajstić information content (AvgIpc) is 2.79. The Morgan fingerprint density at radius 3 is 0.949 bits per heavy atom. The van der Waals surface area contributed by atoms with Crippen molar-refractivity contribution < 1.29 is 12.7 Å². The van der Waals surface area contributed by atoms with Crippen molar-refractivity contribution in [2.75, 3.05) is 12.3 Å². The summed E-state index contributed by atoms with van der Waals surface area (Å²) in [7, 11) is 8.54. The van der Waals surface area contributed by atoms with E-state index in [4.69, 9.17) is 20.4 Å². The van der Waals surface area contributed by atoms with Gasteiger partial charge in [-0.3, -0.25) is 0 Å². The molecule has 0 spiro atoms. The van der Waals surface area contributed by atoms with Crippen molar-refractivity contribution in [3.8, 4) is 0 Å². The van der Waals surface area contributed by atoms with E-state index in [-0.39, 0.29) is 0 Å². The summed E-state index contributed by atoms with van der Waals surface area (Å²) in [6.07, 6.45) is 11.8. The summed E-state index contributed by atoms with van der Waals surface area (Å²) in [6.45, 7) is 28.7. The molecule has 224 valence electrons. The molecule has 2 aromatic carbocycles. The molecule has 0 aliphatic carbocycles. The number of halogens is 2. The van der Waals surface area contributed by atoms with E-state index in [1.54, 1.807) is 0 Å². The Kier molecular flexibility index (Phi) is 18.3. The van der Waals surface area contributed by atoms with Gasteiger partial charge in [0.25, 0.3) is 0 Å². The Bertz CT molecular complexity index is 838. The molecule has 0 saturated heterocycles. The Hall–Kier alpha value is -0.146. The molecule has 0 atom stereocenters. The molecule has 0 N–H and O–H groups in total. The number of benzene rings is 2. The van der Waals surface area contributed by atoms with Crippen LogP contribution in [0.2, 0.25) is 0 Å². The van der Waals surface area contributed by atoms with Crippen LogP contribution in [0, 0.1) is 0 Å². The number of rotatable bonds is 6. The van der Waals surface area contributed by atoms with Crippen LogP contribution in [-0.4, -0.2) is 32.9 Å². The van der Waals surface area contributed by atoms with E-state index in [1.165, 1.54) is 23.5 Å². The molecule has 0 radical (unpaired) electrons. The van der Waals surface area contributed by atoms with Crippen LogP contribution in [0.15, 0.2) is 72.8 Å². The van der Waals surface area contributed by atoms with Gasteiger partial charge in [0, 0.05) is 15.8 Å². The molecule has 0 unspecified atom stereocenters. The summed E-state index contributed by atoms with van der Waals surface area (Å²) in [5.41, 5.74) is 2.61. The first-order valence-corrected chi connectivity index (χ1v) is 20.0. The average molecular weight is 656 g/mol. The second-order valence-corrected chi connectivity index (χ2v) is 24.4. The van der Waals surface area contributed by atoms with E-state index in [2.05, 4.69) is 168 Å². The van der Waals surface area contributed by atoms with Gasteiger partial charge in [0.2, 0.25) is 0 Å². The van der Waals surface area contributed by atoms with Crippen LogP contribution in [-0.2, 0) is 12.7 Å². The number of hydrogen-bond acceptors (Lipinski definition) is 0. The van der Waals surface area contributed by atoms with Crippen LogP contribution in [0.3, 0.4) is 0 Å². The molecule has 0 amide bonds. The van der Waals surface area contributed by atoms with E-state index >= 15 is 0 Å².